The van der Waals surface area contributed by atoms with Crippen LogP contribution in [-0.4, -0.2) is 22.2 Å². The van der Waals surface area contributed by atoms with Crippen molar-refractivity contribution in [1.29, 1.82) is 0 Å². The van der Waals surface area contributed by atoms with Crippen LogP contribution in [0.25, 0.3) is 0 Å². The zero-order valence-corrected chi connectivity index (χ0v) is 11.5. The highest BCUT2D eigenvalue weighted by Gasteiger charge is 2.14. The van der Waals surface area contributed by atoms with E-state index in [1.165, 1.54) is 5.56 Å². The van der Waals surface area contributed by atoms with Crippen LogP contribution in [0.3, 0.4) is 0 Å². The van der Waals surface area contributed by atoms with E-state index in [1.54, 1.807) is 6.92 Å². The van der Waals surface area contributed by atoms with Gasteiger partial charge in [-0.2, -0.15) is 0 Å². The number of pyridine rings is 1. The maximum absolute atomic E-state index is 9.29. The van der Waals surface area contributed by atoms with Gasteiger partial charge in [0.15, 0.2) is 0 Å². The number of aliphatic hydroxyl groups is 1. The molecule has 0 amide bonds. The molecule has 0 spiro atoms. The van der Waals surface area contributed by atoms with Gasteiger partial charge < -0.3 is 10.4 Å². The smallest absolute Gasteiger partial charge is 0.126 e. The number of aromatic nitrogens is 1. The predicted molar refractivity (Wildman–Crippen MR) is 72.3 cm³/mol. The molecule has 2 atom stereocenters. The fraction of sp³-hybridized carbons (Fsp3) is 0.643. The van der Waals surface area contributed by atoms with Gasteiger partial charge in [0.25, 0.3) is 0 Å². The van der Waals surface area contributed by atoms with Crippen LogP contribution >= 0.6 is 0 Å². The van der Waals surface area contributed by atoms with Crippen LogP contribution in [0.4, 0.5) is 5.82 Å². The van der Waals surface area contributed by atoms with Gasteiger partial charge in [-0.3, -0.25) is 0 Å². The molecule has 1 rings (SSSR count). The van der Waals surface area contributed by atoms with Crippen molar-refractivity contribution in [2.75, 3.05) is 5.32 Å². The Morgan fingerprint density at radius 3 is 2.35 bits per heavy atom. The number of hydrogen-bond acceptors (Lipinski definition) is 3. The second-order valence-electron chi connectivity index (χ2n) is 5.81. The van der Waals surface area contributed by atoms with E-state index in [2.05, 4.69) is 37.1 Å². The van der Waals surface area contributed by atoms with E-state index >= 15 is 0 Å². The minimum atomic E-state index is -0.286. The van der Waals surface area contributed by atoms with Crippen molar-refractivity contribution in [2.24, 2.45) is 0 Å². The second kappa shape index (κ2) is 5.50. The maximum Gasteiger partial charge on any atom is 0.126 e. The summed E-state index contributed by atoms with van der Waals surface area (Å²) in [6.07, 6.45) is 2.35. The average molecular weight is 236 g/mol. The highest BCUT2D eigenvalue weighted by atomic mass is 16.3. The molecule has 0 aromatic carbocycles. The van der Waals surface area contributed by atoms with Crippen LogP contribution < -0.4 is 5.32 Å². The van der Waals surface area contributed by atoms with Crippen molar-refractivity contribution in [3.63, 3.8) is 0 Å². The maximum atomic E-state index is 9.29. The summed E-state index contributed by atoms with van der Waals surface area (Å²) in [7, 11) is 0. The Morgan fingerprint density at radius 1 is 1.29 bits per heavy atom. The summed E-state index contributed by atoms with van der Waals surface area (Å²) in [4.78, 5) is 4.40. The molecule has 1 heterocycles. The third-order valence-electron chi connectivity index (χ3n) is 2.72. The number of aliphatic hydroxyl groups excluding tert-OH is 1. The van der Waals surface area contributed by atoms with E-state index < -0.39 is 0 Å². The molecule has 2 unspecified atom stereocenters. The molecule has 0 saturated heterocycles. The summed E-state index contributed by atoms with van der Waals surface area (Å²) in [5.74, 6) is 0.867. The topological polar surface area (TPSA) is 45.1 Å². The van der Waals surface area contributed by atoms with Crippen molar-refractivity contribution >= 4 is 5.82 Å². The van der Waals surface area contributed by atoms with Gasteiger partial charge in [0, 0.05) is 12.2 Å². The van der Waals surface area contributed by atoms with Gasteiger partial charge in [0.2, 0.25) is 0 Å². The van der Waals surface area contributed by atoms with Gasteiger partial charge >= 0.3 is 0 Å². The SMILES string of the molecule is CC(O)CC(C)Nc1ccc(C(C)(C)C)cn1. The van der Waals surface area contributed by atoms with Crippen molar-refractivity contribution in [3.8, 4) is 0 Å². The molecule has 1 aromatic heterocycles. The molecule has 0 saturated carbocycles. The predicted octanol–water partition coefficient (Wildman–Crippen LogP) is 2.95. The molecule has 0 aliphatic carbocycles. The van der Waals surface area contributed by atoms with E-state index in [1.807, 2.05) is 19.2 Å². The van der Waals surface area contributed by atoms with Gasteiger partial charge in [-0.15, -0.1) is 0 Å². The van der Waals surface area contributed by atoms with Crippen LogP contribution in [0.1, 0.15) is 46.6 Å². The molecule has 1 aromatic rings. The van der Waals surface area contributed by atoms with E-state index in [9.17, 15) is 5.11 Å². The Hall–Kier alpha value is -1.09. The molecule has 3 nitrogen and oxygen atoms in total. The fourth-order valence-corrected chi connectivity index (χ4v) is 1.75. The molecule has 0 radical (unpaired) electrons. The highest BCUT2D eigenvalue weighted by molar-refractivity contribution is 5.37. The average Bonchev–Trinajstić information content (AvgIpc) is 2.15. The Kier molecular flexibility index (Phi) is 4.52. The number of hydrogen-bond donors (Lipinski definition) is 2. The van der Waals surface area contributed by atoms with Crippen LogP contribution in [0.2, 0.25) is 0 Å². The third-order valence-corrected chi connectivity index (χ3v) is 2.72. The third kappa shape index (κ3) is 4.73. The highest BCUT2D eigenvalue weighted by Crippen LogP contribution is 2.22. The normalized spacial score (nSPS) is 15.4. The first kappa shape index (κ1) is 14.0. The van der Waals surface area contributed by atoms with Gasteiger partial charge in [-0.1, -0.05) is 26.8 Å². The van der Waals surface area contributed by atoms with E-state index in [-0.39, 0.29) is 17.6 Å². The molecular formula is C14H24N2O. The first-order valence-electron chi connectivity index (χ1n) is 6.20. The van der Waals surface area contributed by atoms with Crippen molar-refractivity contribution < 1.29 is 5.11 Å². The van der Waals surface area contributed by atoms with Crippen LogP contribution in [0.15, 0.2) is 18.3 Å². The lowest BCUT2D eigenvalue weighted by atomic mass is 9.88. The summed E-state index contributed by atoms with van der Waals surface area (Å²) in [5, 5.41) is 12.6. The molecule has 96 valence electrons. The summed E-state index contributed by atoms with van der Waals surface area (Å²) in [6, 6.07) is 4.33. The number of nitrogens with one attached hydrogen (secondary N) is 1. The molecule has 3 heteroatoms. The van der Waals surface area contributed by atoms with Gasteiger partial charge in [-0.25, -0.2) is 4.98 Å². The summed E-state index contributed by atoms with van der Waals surface area (Å²) < 4.78 is 0. The summed E-state index contributed by atoms with van der Waals surface area (Å²) in [6.45, 7) is 10.4. The quantitative estimate of drug-likeness (QED) is 0.845. The second-order valence-corrected chi connectivity index (χ2v) is 5.81. The minimum absolute atomic E-state index is 0.136. The molecular weight excluding hydrogens is 212 g/mol. The van der Waals surface area contributed by atoms with E-state index in [0.717, 1.165) is 12.2 Å². The Morgan fingerprint density at radius 2 is 1.94 bits per heavy atom. The lowest BCUT2D eigenvalue weighted by Crippen LogP contribution is -2.21. The van der Waals surface area contributed by atoms with Gasteiger partial charge in [0.1, 0.15) is 5.82 Å². The van der Waals surface area contributed by atoms with E-state index in [4.69, 9.17) is 0 Å². The molecule has 0 aliphatic heterocycles. The monoisotopic (exact) mass is 236 g/mol. The van der Waals surface area contributed by atoms with Crippen LogP contribution in [0.5, 0.6) is 0 Å². The molecule has 0 bridgehead atoms. The van der Waals surface area contributed by atoms with Crippen molar-refractivity contribution in [1.82, 2.24) is 4.98 Å². The lowest BCUT2D eigenvalue weighted by Gasteiger charge is -2.20. The molecule has 2 N–H and O–H groups in total. The molecule has 0 aliphatic rings. The largest absolute Gasteiger partial charge is 0.393 e. The zero-order valence-electron chi connectivity index (χ0n) is 11.5. The number of anilines is 1. The molecule has 0 fully saturated rings. The van der Waals surface area contributed by atoms with Crippen molar-refractivity contribution in [3.05, 3.63) is 23.9 Å². The first-order valence-corrected chi connectivity index (χ1v) is 6.20. The number of nitrogens with zero attached hydrogens (tertiary/aromatic N) is 1. The number of rotatable bonds is 4. The van der Waals surface area contributed by atoms with Crippen LogP contribution in [-0.2, 0) is 5.41 Å². The van der Waals surface area contributed by atoms with Crippen LogP contribution in [0, 0.1) is 0 Å². The summed E-state index contributed by atoms with van der Waals surface area (Å²) >= 11 is 0. The standard InChI is InChI=1S/C14H24N2O/c1-10(8-11(2)17)16-13-7-6-12(9-15-13)14(3,4)5/h6-7,9-11,17H,8H2,1-5H3,(H,15,16). The van der Waals surface area contributed by atoms with Crippen molar-refractivity contribution in [2.45, 2.75) is 58.6 Å². The van der Waals surface area contributed by atoms with Gasteiger partial charge in [0.05, 0.1) is 6.10 Å². The molecule has 17 heavy (non-hydrogen) atoms. The first-order chi connectivity index (χ1) is 7.79. The van der Waals surface area contributed by atoms with E-state index in [0.29, 0.717) is 0 Å². The fourth-order valence-electron chi connectivity index (χ4n) is 1.75. The Bertz CT molecular complexity index is 338. The van der Waals surface area contributed by atoms with Gasteiger partial charge in [-0.05, 0) is 37.3 Å². The minimum Gasteiger partial charge on any atom is -0.393 e. The Balaban J connectivity index is 2.63. The summed E-state index contributed by atoms with van der Waals surface area (Å²) in [5.41, 5.74) is 1.36. The Labute approximate surface area is 104 Å². The zero-order chi connectivity index (χ0) is 13.1. The lowest BCUT2D eigenvalue weighted by molar-refractivity contribution is 0.179.